The third-order valence-electron chi connectivity index (χ3n) is 0.487. The molecule has 1 unspecified atom stereocenters. The highest BCUT2D eigenvalue weighted by atomic mass is 32.2. The third kappa shape index (κ3) is 3.71. The summed E-state index contributed by atoms with van der Waals surface area (Å²) in [6.45, 7) is 6.11. The van der Waals surface area contributed by atoms with E-state index in [4.69, 9.17) is 16.9 Å². The summed E-state index contributed by atoms with van der Waals surface area (Å²) < 4.78 is 0. The van der Waals surface area contributed by atoms with E-state index in [-0.39, 0.29) is 0 Å². The second-order valence-electron chi connectivity index (χ2n) is 1.04. The lowest BCUT2D eigenvalue weighted by atomic mass is 11.6. The van der Waals surface area contributed by atoms with Crippen molar-refractivity contribution >= 4 is 20.9 Å². The van der Waals surface area contributed by atoms with E-state index >= 15 is 0 Å². The van der Waals surface area contributed by atoms with E-state index in [1.807, 2.05) is 5.16 Å². The van der Waals surface area contributed by atoms with Crippen molar-refractivity contribution < 1.29 is 9.90 Å². The van der Waals surface area contributed by atoms with Crippen LogP contribution in [0.1, 0.15) is 0 Å². The van der Waals surface area contributed by atoms with Crippen molar-refractivity contribution in [2.45, 2.75) is 0 Å². The maximum absolute atomic E-state index is 10.1. The normalized spacial score (nSPS) is 9.64. The second kappa shape index (κ2) is 5.00. The van der Waals surface area contributed by atoms with Crippen LogP contribution >= 0.6 is 10.5 Å². The van der Waals surface area contributed by atoms with Gasteiger partial charge < -0.3 is 16.6 Å². The Morgan fingerprint density at radius 3 is 2.91 bits per heavy atom. The van der Waals surface area contributed by atoms with Crippen LogP contribution in [0.2, 0.25) is 0 Å². The van der Waals surface area contributed by atoms with Crippen LogP contribution in [0.4, 0.5) is 4.79 Å². The molecular weight excluding hydrogens is 168 g/mol. The average molecular weight is 169 g/mol. The number of hydrogen-bond acceptors (Lipinski definition) is 3. The number of rotatable bonds is 1. The SMILES string of the molecule is [C-]#[N+][N-]N=C=S(C#N)C(=O)O. The molecule has 7 heteroatoms. The van der Waals surface area contributed by atoms with Gasteiger partial charge in [-0.15, -0.1) is 0 Å². The van der Waals surface area contributed by atoms with Crippen LogP contribution in [-0.4, -0.2) is 15.6 Å². The van der Waals surface area contributed by atoms with Gasteiger partial charge in [-0.2, -0.15) is 5.26 Å². The fourth-order valence-electron chi connectivity index (χ4n) is 0.180. The molecule has 0 amide bonds. The fraction of sp³-hybridized carbons (Fsp3) is 0. The minimum atomic E-state index is -1.72. The van der Waals surface area contributed by atoms with Crippen molar-refractivity contribution in [1.82, 2.24) is 0 Å². The number of nitrogens with zero attached hydrogens (tertiary/aromatic N) is 4. The van der Waals surface area contributed by atoms with Gasteiger partial charge in [0.15, 0.2) is 5.16 Å². The molecule has 0 saturated heterocycles. The minimum Gasteiger partial charge on any atom is -0.494 e. The molecule has 0 radical (unpaired) electrons. The highest BCUT2D eigenvalue weighted by Gasteiger charge is 2.02. The van der Waals surface area contributed by atoms with E-state index in [2.05, 4.69) is 15.6 Å². The van der Waals surface area contributed by atoms with Gasteiger partial charge in [0.05, 0.1) is 0 Å². The molecule has 1 N–H and O–H groups in total. The van der Waals surface area contributed by atoms with Crippen LogP contribution in [0, 0.1) is 17.2 Å². The third-order valence-corrected chi connectivity index (χ3v) is 1.28. The van der Waals surface area contributed by atoms with E-state index in [1.165, 1.54) is 5.40 Å². The lowest BCUT2D eigenvalue weighted by Crippen LogP contribution is -1.83. The number of hydrogen-bond donors (Lipinski definition) is 1. The van der Waals surface area contributed by atoms with Gasteiger partial charge >= 0.3 is 5.30 Å². The Bertz CT molecular complexity index is 303. The lowest BCUT2D eigenvalue weighted by Gasteiger charge is -1.86. The van der Waals surface area contributed by atoms with Crippen molar-refractivity contribution in [1.29, 1.82) is 5.26 Å². The van der Waals surface area contributed by atoms with Gasteiger partial charge in [-0.25, -0.2) is 10.3 Å². The highest BCUT2D eigenvalue weighted by Crippen LogP contribution is 2.07. The summed E-state index contributed by atoms with van der Waals surface area (Å²) >= 11 is 0. The van der Waals surface area contributed by atoms with Gasteiger partial charge in [-0.1, -0.05) is 5.10 Å². The summed E-state index contributed by atoms with van der Waals surface area (Å²) in [4.78, 5) is 12.5. The van der Waals surface area contributed by atoms with Crippen molar-refractivity contribution in [3.05, 3.63) is 17.1 Å². The first-order chi connectivity index (χ1) is 5.22. The number of nitriles is 1. The van der Waals surface area contributed by atoms with Crippen LogP contribution in [0.3, 0.4) is 0 Å². The number of carboxylic acid groups (broad SMARTS) is 1. The molecule has 0 aromatic carbocycles. The Labute approximate surface area is 64.5 Å². The average Bonchev–Trinajstić information content (AvgIpc) is 1.97. The zero-order valence-corrected chi connectivity index (χ0v) is 5.87. The molecule has 0 aliphatic carbocycles. The molecule has 6 nitrogen and oxygen atoms in total. The molecule has 0 aromatic rings. The molecular formula is C4HN4O2S-. The summed E-state index contributed by atoms with van der Waals surface area (Å²) in [5.41, 5.74) is 2.74. The Balaban J connectivity index is 4.54. The molecule has 0 aliphatic rings. The van der Waals surface area contributed by atoms with Crippen molar-refractivity contribution in [3.8, 4) is 5.40 Å². The summed E-state index contributed by atoms with van der Waals surface area (Å²) in [5.74, 6) is 0. The molecule has 0 rings (SSSR count). The van der Waals surface area contributed by atoms with E-state index in [1.54, 1.807) is 0 Å². The maximum Gasteiger partial charge on any atom is 0.383 e. The van der Waals surface area contributed by atoms with Gasteiger partial charge in [-0.05, 0) is 0 Å². The van der Waals surface area contributed by atoms with Gasteiger partial charge in [0.1, 0.15) is 15.9 Å². The Morgan fingerprint density at radius 1 is 1.91 bits per heavy atom. The van der Waals surface area contributed by atoms with Crippen LogP contribution in [0.25, 0.3) is 10.5 Å². The maximum atomic E-state index is 10.1. The zero-order chi connectivity index (χ0) is 8.69. The molecule has 0 aliphatic heterocycles. The van der Waals surface area contributed by atoms with Crippen LogP contribution in [-0.2, 0) is 0 Å². The van der Waals surface area contributed by atoms with E-state index in [9.17, 15) is 4.79 Å². The molecule has 1 atom stereocenters. The molecule has 0 spiro atoms. The molecule has 0 bridgehead atoms. The van der Waals surface area contributed by atoms with Crippen LogP contribution in [0.15, 0.2) is 5.10 Å². The fourth-order valence-corrected chi connectivity index (χ4v) is 0.495. The number of isothiocyanates is 1. The standard InChI is InChI=1S/C4HN4O2S/c1-6-8-7-3-11(2-5)4(9)10/h(H,9,10)/q-1. The highest BCUT2D eigenvalue weighted by molar-refractivity contribution is 8.30. The largest absolute Gasteiger partial charge is 0.494 e. The summed E-state index contributed by atoms with van der Waals surface area (Å²) in [7, 11) is -1.72. The monoisotopic (exact) mass is 169 g/mol. The summed E-state index contributed by atoms with van der Waals surface area (Å²) in [5, 5.41) is 21.2. The smallest absolute Gasteiger partial charge is 0.383 e. The number of carbonyl (C=O) groups is 1. The van der Waals surface area contributed by atoms with Gasteiger partial charge in [-0.3, -0.25) is 0 Å². The summed E-state index contributed by atoms with van der Waals surface area (Å²) in [6.07, 6.45) is 0. The first-order valence-corrected chi connectivity index (χ1v) is 3.34. The molecule has 0 fully saturated rings. The summed E-state index contributed by atoms with van der Waals surface area (Å²) in [6, 6.07) is 0. The number of thiocyanates is 1. The first kappa shape index (κ1) is 9.18. The quantitative estimate of drug-likeness (QED) is 0.211. The zero-order valence-electron chi connectivity index (χ0n) is 5.05. The van der Waals surface area contributed by atoms with Gasteiger partial charge in [0.25, 0.3) is 0 Å². The predicted molar refractivity (Wildman–Crippen MR) is 38.6 cm³/mol. The molecule has 0 heterocycles. The molecule has 56 valence electrons. The topological polar surface area (TPSA) is 91.9 Å². The molecule has 11 heavy (non-hydrogen) atoms. The van der Waals surface area contributed by atoms with E-state index in [0.717, 1.165) is 0 Å². The van der Waals surface area contributed by atoms with Crippen molar-refractivity contribution in [3.63, 3.8) is 0 Å². The molecule has 0 saturated carbocycles. The second-order valence-corrected chi connectivity index (χ2v) is 2.37. The van der Waals surface area contributed by atoms with Gasteiger partial charge in [0, 0.05) is 0 Å². The lowest BCUT2D eigenvalue weighted by molar-refractivity contribution is 0.222. The van der Waals surface area contributed by atoms with Crippen molar-refractivity contribution in [2.24, 2.45) is 5.10 Å². The predicted octanol–water partition coefficient (Wildman–Crippen LogP) is 1.44. The van der Waals surface area contributed by atoms with E-state index in [0.29, 0.717) is 0 Å². The van der Waals surface area contributed by atoms with Crippen LogP contribution < -0.4 is 0 Å². The Hall–Kier alpha value is -1.82. The van der Waals surface area contributed by atoms with Crippen LogP contribution in [0.5, 0.6) is 0 Å². The van der Waals surface area contributed by atoms with E-state index < -0.39 is 15.8 Å². The van der Waals surface area contributed by atoms with Crippen molar-refractivity contribution in [2.75, 3.05) is 0 Å². The first-order valence-electron chi connectivity index (χ1n) is 2.11. The minimum absolute atomic E-state index is 1.34. The van der Waals surface area contributed by atoms with Gasteiger partial charge in [0.2, 0.25) is 0 Å². The Morgan fingerprint density at radius 2 is 2.55 bits per heavy atom. The molecule has 0 aromatic heterocycles. The Kier molecular flexibility index (Phi) is 4.18.